The van der Waals surface area contributed by atoms with Crippen LogP contribution >= 0.6 is 28.3 Å². The third-order valence-corrected chi connectivity index (χ3v) is 3.50. The standard InChI is InChI=1S/C14H21BrN2O.ClH/c1-14(2,11-6-4-7-12(15)10-11)13(18)17-9-5-8-16-3;/h4,6-7,10,16H,5,8-9H2,1-3H3,(H,17,18);1H. The van der Waals surface area contributed by atoms with Crippen LogP contribution < -0.4 is 10.6 Å². The van der Waals surface area contributed by atoms with Crippen molar-refractivity contribution in [2.24, 2.45) is 0 Å². The number of amides is 1. The molecule has 1 aromatic rings. The van der Waals surface area contributed by atoms with Gasteiger partial charge in [-0.25, -0.2) is 0 Å². The zero-order valence-electron chi connectivity index (χ0n) is 11.6. The molecule has 1 amide bonds. The van der Waals surface area contributed by atoms with E-state index in [-0.39, 0.29) is 18.3 Å². The number of benzene rings is 1. The third-order valence-electron chi connectivity index (χ3n) is 3.00. The normalized spacial score (nSPS) is 10.7. The quantitative estimate of drug-likeness (QED) is 0.775. The van der Waals surface area contributed by atoms with Gasteiger partial charge in [-0.3, -0.25) is 4.79 Å². The fourth-order valence-corrected chi connectivity index (χ4v) is 2.10. The van der Waals surface area contributed by atoms with E-state index in [0.717, 1.165) is 23.0 Å². The highest BCUT2D eigenvalue weighted by Crippen LogP contribution is 2.25. The Labute approximate surface area is 130 Å². The van der Waals surface area contributed by atoms with E-state index in [9.17, 15) is 4.79 Å². The molecular formula is C14H22BrClN2O. The van der Waals surface area contributed by atoms with Gasteiger partial charge in [-0.15, -0.1) is 12.4 Å². The highest BCUT2D eigenvalue weighted by atomic mass is 79.9. The molecule has 0 saturated heterocycles. The van der Waals surface area contributed by atoms with Gasteiger partial charge in [0.05, 0.1) is 5.41 Å². The zero-order valence-corrected chi connectivity index (χ0v) is 14.0. The Hall–Kier alpha value is -0.580. The maximum atomic E-state index is 12.2. The van der Waals surface area contributed by atoms with Crippen molar-refractivity contribution in [2.75, 3.05) is 20.1 Å². The average Bonchev–Trinajstić information content (AvgIpc) is 2.34. The monoisotopic (exact) mass is 348 g/mol. The summed E-state index contributed by atoms with van der Waals surface area (Å²) in [6, 6.07) is 7.89. The summed E-state index contributed by atoms with van der Waals surface area (Å²) in [4.78, 5) is 12.2. The summed E-state index contributed by atoms with van der Waals surface area (Å²) >= 11 is 3.44. The van der Waals surface area contributed by atoms with Crippen molar-refractivity contribution in [3.8, 4) is 0 Å². The highest BCUT2D eigenvalue weighted by molar-refractivity contribution is 9.10. The van der Waals surface area contributed by atoms with Gasteiger partial charge >= 0.3 is 0 Å². The van der Waals surface area contributed by atoms with Gasteiger partial charge in [0, 0.05) is 11.0 Å². The maximum Gasteiger partial charge on any atom is 0.230 e. The molecule has 0 aliphatic rings. The van der Waals surface area contributed by atoms with Crippen LogP contribution in [0.25, 0.3) is 0 Å². The second kappa shape index (κ2) is 8.56. The predicted molar refractivity (Wildman–Crippen MR) is 86.0 cm³/mol. The predicted octanol–water partition coefficient (Wildman–Crippen LogP) is 2.87. The molecule has 108 valence electrons. The van der Waals surface area contributed by atoms with Crippen molar-refractivity contribution in [1.29, 1.82) is 0 Å². The molecule has 0 fully saturated rings. The van der Waals surface area contributed by atoms with Crippen LogP contribution in [0.3, 0.4) is 0 Å². The minimum atomic E-state index is -0.510. The molecule has 0 aliphatic carbocycles. The SMILES string of the molecule is CNCCCNC(=O)C(C)(C)c1cccc(Br)c1.Cl. The van der Waals surface area contributed by atoms with Crippen LogP contribution in [0.15, 0.2) is 28.7 Å². The van der Waals surface area contributed by atoms with Crippen molar-refractivity contribution in [1.82, 2.24) is 10.6 Å². The average molecular weight is 350 g/mol. The lowest BCUT2D eigenvalue weighted by Crippen LogP contribution is -2.40. The van der Waals surface area contributed by atoms with E-state index in [0.29, 0.717) is 6.54 Å². The summed E-state index contributed by atoms with van der Waals surface area (Å²) in [5.74, 6) is 0.0664. The number of halogens is 2. The lowest BCUT2D eigenvalue weighted by Gasteiger charge is -2.24. The topological polar surface area (TPSA) is 41.1 Å². The van der Waals surface area contributed by atoms with E-state index < -0.39 is 5.41 Å². The fraction of sp³-hybridized carbons (Fsp3) is 0.500. The van der Waals surface area contributed by atoms with Gasteiger partial charge in [-0.1, -0.05) is 28.1 Å². The molecule has 1 aromatic carbocycles. The first kappa shape index (κ1) is 18.4. The second-order valence-corrected chi connectivity index (χ2v) is 5.76. The lowest BCUT2D eigenvalue weighted by atomic mass is 9.84. The molecule has 0 saturated carbocycles. The molecule has 2 N–H and O–H groups in total. The molecule has 1 rings (SSSR count). The van der Waals surface area contributed by atoms with Gasteiger partial charge in [-0.2, -0.15) is 0 Å². The smallest absolute Gasteiger partial charge is 0.230 e. The second-order valence-electron chi connectivity index (χ2n) is 4.85. The third kappa shape index (κ3) is 5.51. The Kier molecular flexibility index (Phi) is 8.30. The summed E-state index contributed by atoms with van der Waals surface area (Å²) in [5.41, 5.74) is 0.506. The van der Waals surface area contributed by atoms with Crippen molar-refractivity contribution in [3.05, 3.63) is 34.3 Å². The van der Waals surface area contributed by atoms with E-state index in [1.807, 2.05) is 45.2 Å². The molecule has 0 aromatic heterocycles. The van der Waals surface area contributed by atoms with Gasteiger partial charge in [0.2, 0.25) is 5.91 Å². The van der Waals surface area contributed by atoms with Crippen LogP contribution in [0.5, 0.6) is 0 Å². The molecule has 0 radical (unpaired) electrons. The van der Waals surface area contributed by atoms with E-state index in [2.05, 4.69) is 26.6 Å². The minimum Gasteiger partial charge on any atom is -0.355 e. The Bertz CT molecular complexity index is 410. The minimum absolute atomic E-state index is 0. The van der Waals surface area contributed by atoms with E-state index in [1.54, 1.807) is 0 Å². The highest BCUT2D eigenvalue weighted by Gasteiger charge is 2.29. The van der Waals surface area contributed by atoms with Crippen LogP contribution in [0, 0.1) is 0 Å². The van der Waals surface area contributed by atoms with Crippen LogP contribution in [0.2, 0.25) is 0 Å². The number of carbonyl (C=O) groups excluding carboxylic acids is 1. The van der Waals surface area contributed by atoms with Gasteiger partial charge in [0.25, 0.3) is 0 Å². The molecule has 0 bridgehead atoms. The molecule has 0 unspecified atom stereocenters. The number of nitrogens with one attached hydrogen (secondary N) is 2. The Morgan fingerprint density at radius 1 is 1.32 bits per heavy atom. The molecule has 3 nitrogen and oxygen atoms in total. The molecule has 0 atom stereocenters. The first-order valence-corrected chi connectivity index (χ1v) is 6.96. The molecule has 5 heteroatoms. The van der Waals surface area contributed by atoms with E-state index in [4.69, 9.17) is 0 Å². The molecule has 0 aliphatic heterocycles. The Balaban J connectivity index is 0.00000324. The lowest BCUT2D eigenvalue weighted by molar-refractivity contribution is -0.125. The van der Waals surface area contributed by atoms with Crippen molar-refractivity contribution < 1.29 is 4.79 Å². The van der Waals surface area contributed by atoms with Crippen LogP contribution in [-0.2, 0) is 10.2 Å². The first-order valence-electron chi connectivity index (χ1n) is 6.17. The number of hydrogen-bond donors (Lipinski definition) is 2. The molecule has 0 heterocycles. The molecular weight excluding hydrogens is 328 g/mol. The zero-order chi connectivity index (χ0) is 13.6. The van der Waals surface area contributed by atoms with Gasteiger partial charge in [0.15, 0.2) is 0 Å². The van der Waals surface area contributed by atoms with E-state index in [1.165, 1.54) is 0 Å². The van der Waals surface area contributed by atoms with Gasteiger partial charge < -0.3 is 10.6 Å². The Morgan fingerprint density at radius 2 is 2.00 bits per heavy atom. The first-order chi connectivity index (χ1) is 8.48. The summed E-state index contributed by atoms with van der Waals surface area (Å²) in [6.45, 7) is 5.51. The summed E-state index contributed by atoms with van der Waals surface area (Å²) in [6.07, 6.45) is 0.941. The molecule has 0 spiro atoms. The van der Waals surface area contributed by atoms with Crippen molar-refractivity contribution >= 4 is 34.2 Å². The van der Waals surface area contributed by atoms with Gasteiger partial charge in [-0.05, 0) is 51.6 Å². The molecule has 19 heavy (non-hydrogen) atoms. The Morgan fingerprint density at radius 3 is 2.58 bits per heavy atom. The van der Waals surface area contributed by atoms with E-state index >= 15 is 0 Å². The summed E-state index contributed by atoms with van der Waals surface area (Å²) < 4.78 is 0.996. The number of carbonyl (C=O) groups is 1. The van der Waals surface area contributed by atoms with Crippen LogP contribution in [0.1, 0.15) is 25.8 Å². The fourth-order valence-electron chi connectivity index (χ4n) is 1.70. The van der Waals surface area contributed by atoms with Crippen LogP contribution in [-0.4, -0.2) is 26.0 Å². The number of hydrogen-bond acceptors (Lipinski definition) is 2. The van der Waals surface area contributed by atoms with Gasteiger partial charge in [0.1, 0.15) is 0 Å². The largest absolute Gasteiger partial charge is 0.355 e. The van der Waals surface area contributed by atoms with Crippen LogP contribution in [0.4, 0.5) is 0 Å². The van der Waals surface area contributed by atoms with Crippen molar-refractivity contribution in [3.63, 3.8) is 0 Å². The van der Waals surface area contributed by atoms with Crippen molar-refractivity contribution in [2.45, 2.75) is 25.7 Å². The summed E-state index contributed by atoms with van der Waals surface area (Å²) in [7, 11) is 1.91. The number of rotatable bonds is 6. The summed E-state index contributed by atoms with van der Waals surface area (Å²) in [5, 5.41) is 6.04. The maximum absolute atomic E-state index is 12.2.